The molecule has 6 nitrogen and oxygen atoms in total. The van der Waals surface area contributed by atoms with Crippen LogP contribution in [0.15, 0.2) is 70.8 Å². The van der Waals surface area contributed by atoms with Crippen LogP contribution < -0.4 is 14.8 Å². The van der Waals surface area contributed by atoms with E-state index in [9.17, 15) is 9.59 Å². The molecule has 0 aromatic heterocycles. The predicted octanol–water partition coefficient (Wildman–Crippen LogP) is 6.14. The summed E-state index contributed by atoms with van der Waals surface area (Å²) in [5, 5.41) is 2.69. The molecule has 1 aliphatic heterocycles. The summed E-state index contributed by atoms with van der Waals surface area (Å²) in [6, 6.07) is 19.0. The van der Waals surface area contributed by atoms with Gasteiger partial charge in [-0.15, -0.1) is 0 Å². The van der Waals surface area contributed by atoms with Crippen LogP contribution in [0, 0.1) is 13.8 Å². The number of carbonyl (C=O) groups excluding carboxylic acids is 2. The first kappa shape index (κ1) is 24.5. The Hall–Kier alpha value is -3.58. The number of amides is 3. The van der Waals surface area contributed by atoms with E-state index < -0.39 is 6.03 Å². The molecule has 0 spiro atoms. The number of nitrogens with one attached hydrogen (secondary N) is 1. The number of halogens is 1. The molecule has 3 aromatic carbocycles. The zero-order valence-electron chi connectivity index (χ0n) is 19.9. The van der Waals surface area contributed by atoms with Gasteiger partial charge in [-0.25, -0.2) is 4.79 Å². The molecule has 3 aromatic rings. The number of rotatable bonds is 8. The molecule has 1 saturated heterocycles. The Morgan fingerprint density at radius 3 is 2.26 bits per heavy atom. The van der Waals surface area contributed by atoms with Gasteiger partial charge in [0.2, 0.25) is 0 Å². The molecule has 1 heterocycles. The fourth-order valence-electron chi connectivity index (χ4n) is 3.87. The molecule has 0 atom stereocenters. The van der Waals surface area contributed by atoms with E-state index in [-0.39, 0.29) is 18.1 Å². The number of carbonyl (C=O) groups is 2. The number of ether oxygens (including phenoxy) is 2. The lowest BCUT2D eigenvalue weighted by molar-refractivity contribution is -0.123. The molecular weight excluding hydrogens is 508 g/mol. The highest BCUT2D eigenvalue weighted by Gasteiger charge is 2.33. The second kappa shape index (κ2) is 10.8. The van der Waals surface area contributed by atoms with Gasteiger partial charge in [0.25, 0.3) is 5.91 Å². The zero-order valence-corrected chi connectivity index (χ0v) is 21.5. The summed E-state index contributed by atoms with van der Waals surface area (Å²) in [5.74, 6) is 0.773. The summed E-state index contributed by atoms with van der Waals surface area (Å²) in [6.45, 7) is 6.98. The fraction of sp³-hybridized carbons (Fsp3) is 0.214. The second-order valence-corrected chi connectivity index (χ2v) is 9.25. The van der Waals surface area contributed by atoms with E-state index in [0.29, 0.717) is 34.7 Å². The molecule has 3 amide bonds. The van der Waals surface area contributed by atoms with Crippen LogP contribution >= 0.6 is 15.9 Å². The lowest BCUT2D eigenvalue weighted by Gasteiger charge is -2.14. The Morgan fingerprint density at radius 1 is 0.914 bits per heavy atom. The van der Waals surface area contributed by atoms with E-state index >= 15 is 0 Å². The van der Waals surface area contributed by atoms with Gasteiger partial charge < -0.3 is 14.8 Å². The van der Waals surface area contributed by atoms with Crippen molar-refractivity contribution in [3.8, 4) is 11.5 Å². The summed E-state index contributed by atoms with van der Waals surface area (Å²) in [7, 11) is 0. The first-order valence-electron chi connectivity index (χ1n) is 11.4. The predicted molar refractivity (Wildman–Crippen MR) is 139 cm³/mol. The van der Waals surface area contributed by atoms with Crippen LogP contribution in [-0.4, -0.2) is 23.4 Å². The number of aryl methyl sites for hydroxylation is 2. The molecule has 0 unspecified atom stereocenters. The van der Waals surface area contributed by atoms with Gasteiger partial charge in [-0.3, -0.25) is 9.69 Å². The van der Waals surface area contributed by atoms with Crippen molar-refractivity contribution in [3.05, 3.63) is 98.7 Å². The highest BCUT2D eigenvalue weighted by molar-refractivity contribution is 9.10. The van der Waals surface area contributed by atoms with Crippen LogP contribution in [0.3, 0.4) is 0 Å². The monoisotopic (exact) mass is 534 g/mol. The first-order chi connectivity index (χ1) is 16.8. The average Bonchev–Trinajstić information content (AvgIpc) is 3.07. The van der Waals surface area contributed by atoms with Gasteiger partial charge in [-0.1, -0.05) is 75.6 Å². The number of nitrogens with zero attached hydrogens (tertiary/aromatic N) is 1. The van der Waals surface area contributed by atoms with Crippen molar-refractivity contribution >= 4 is 33.9 Å². The third kappa shape index (κ3) is 5.92. The Morgan fingerprint density at radius 2 is 1.57 bits per heavy atom. The smallest absolute Gasteiger partial charge is 0.329 e. The van der Waals surface area contributed by atoms with Crippen LogP contribution in [0.4, 0.5) is 4.79 Å². The second-order valence-electron chi connectivity index (χ2n) is 8.40. The largest absolute Gasteiger partial charge is 0.490 e. The quantitative estimate of drug-likeness (QED) is 0.278. The van der Waals surface area contributed by atoms with Gasteiger partial charge in [0.05, 0.1) is 13.2 Å². The molecule has 1 N–H and O–H groups in total. The summed E-state index contributed by atoms with van der Waals surface area (Å²) in [5.41, 5.74) is 5.09. The Bertz CT molecular complexity index is 1300. The normalized spacial score (nSPS) is 14.4. The highest BCUT2D eigenvalue weighted by Crippen LogP contribution is 2.36. The standard InChI is InChI=1S/C28H27BrN2O4/c1-4-34-25-14-22(23(29)15-26(25)35-17-21-10-6-8-19(3)12-21)13-24-27(32)31(28(33)30-24)16-20-9-5-7-18(2)11-20/h5-15H,4,16-17H2,1-3H3,(H,30,33)/b24-13+. The lowest BCUT2D eigenvalue weighted by Crippen LogP contribution is -2.30. The minimum absolute atomic E-state index is 0.208. The van der Waals surface area contributed by atoms with E-state index in [0.717, 1.165) is 16.7 Å². The van der Waals surface area contributed by atoms with Crippen molar-refractivity contribution in [3.63, 3.8) is 0 Å². The number of hydrogen-bond acceptors (Lipinski definition) is 4. The molecule has 4 rings (SSSR count). The van der Waals surface area contributed by atoms with Crippen LogP contribution in [0.5, 0.6) is 11.5 Å². The molecule has 0 radical (unpaired) electrons. The zero-order chi connectivity index (χ0) is 24.9. The van der Waals surface area contributed by atoms with Crippen LogP contribution in [0.1, 0.15) is 34.7 Å². The van der Waals surface area contributed by atoms with E-state index in [1.54, 1.807) is 12.1 Å². The summed E-state index contributed by atoms with van der Waals surface area (Å²) in [4.78, 5) is 26.7. The maximum absolute atomic E-state index is 13.0. The average molecular weight is 535 g/mol. The molecule has 35 heavy (non-hydrogen) atoms. The van der Waals surface area contributed by atoms with Gasteiger partial charge in [0, 0.05) is 4.47 Å². The SMILES string of the molecule is CCOc1cc(/C=C2/NC(=O)N(Cc3cccc(C)c3)C2=O)c(Br)cc1OCc1cccc(C)c1. The van der Waals surface area contributed by atoms with Crippen molar-refractivity contribution in [2.24, 2.45) is 0 Å². The fourth-order valence-corrected chi connectivity index (χ4v) is 4.31. The van der Waals surface area contributed by atoms with Gasteiger partial charge in [-0.2, -0.15) is 0 Å². The van der Waals surface area contributed by atoms with Crippen molar-refractivity contribution in [1.82, 2.24) is 10.2 Å². The maximum Gasteiger partial charge on any atom is 0.329 e. The summed E-state index contributed by atoms with van der Waals surface area (Å²) in [6.07, 6.45) is 1.65. The Labute approximate surface area is 213 Å². The van der Waals surface area contributed by atoms with E-state index in [2.05, 4.69) is 27.3 Å². The van der Waals surface area contributed by atoms with Gasteiger partial charge in [0.15, 0.2) is 11.5 Å². The van der Waals surface area contributed by atoms with Crippen molar-refractivity contribution in [2.75, 3.05) is 6.61 Å². The highest BCUT2D eigenvalue weighted by atomic mass is 79.9. The minimum atomic E-state index is -0.443. The molecule has 7 heteroatoms. The summed E-state index contributed by atoms with van der Waals surface area (Å²) >= 11 is 3.57. The van der Waals surface area contributed by atoms with Crippen molar-refractivity contribution in [2.45, 2.75) is 33.9 Å². The molecule has 1 fully saturated rings. The van der Waals surface area contributed by atoms with E-state index in [1.165, 1.54) is 10.5 Å². The third-order valence-electron chi connectivity index (χ3n) is 5.53. The number of benzene rings is 3. The van der Waals surface area contributed by atoms with Crippen molar-refractivity contribution in [1.29, 1.82) is 0 Å². The molecule has 180 valence electrons. The van der Waals surface area contributed by atoms with Crippen LogP contribution in [0.25, 0.3) is 6.08 Å². The molecule has 0 bridgehead atoms. The number of imide groups is 1. The number of urea groups is 1. The van der Waals surface area contributed by atoms with E-state index in [4.69, 9.17) is 9.47 Å². The van der Waals surface area contributed by atoms with E-state index in [1.807, 2.05) is 69.3 Å². The summed E-state index contributed by atoms with van der Waals surface area (Å²) < 4.78 is 12.6. The van der Waals surface area contributed by atoms with Gasteiger partial charge in [-0.05, 0) is 55.7 Å². The van der Waals surface area contributed by atoms with Gasteiger partial charge >= 0.3 is 6.03 Å². The molecule has 1 aliphatic rings. The maximum atomic E-state index is 13.0. The third-order valence-corrected chi connectivity index (χ3v) is 6.21. The van der Waals surface area contributed by atoms with Crippen LogP contribution in [-0.2, 0) is 17.9 Å². The lowest BCUT2D eigenvalue weighted by atomic mass is 10.1. The van der Waals surface area contributed by atoms with Gasteiger partial charge in [0.1, 0.15) is 12.3 Å². The van der Waals surface area contributed by atoms with Crippen LogP contribution in [0.2, 0.25) is 0 Å². The topological polar surface area (TPSA) is 67.9 Å². The van der Waals surface area contributed by atoms with Crippen molar-refractivity contribution < 1.29 is 19.1 Å². The minimum Gasteiger partial charge on any atom is -0.490 e. The molecule has 0 aliphatic carbocycles. The Balaban J connectivity index is 1.56. The molecule has 0 saturated carbocycles. The Kier molecular flexibility index (Phi) is 7.56. The molecular formula is C28H27BrN2O4. The first-order valence-corrected chi connectivity index (χ1v) is 12.2. The number of hydrogen-bond donors (Lipinski definition) is 1.